The lowest BCUT2D eigenvalue weighted by molar-refractivity contribution is 0.241. The lowest BCUT2D eigenvalue weighted by Crippen LogP contribution is -2.26. The summed E-state index contributed by atoms with van der Waals surface area (Å²) in [5.41, 5.74) is 1.53. The van der Waals surface area contributed by atoms with Gasteiger partial charge in [-0.15, -0.1) is 0 Å². The standard InChI is InChI=1S/C17H29NO/c1-6-11-18-12-10-17(4,5)15-8-7-9-16(13-15)19-14(2)3/h7-9,13-14,18H,6,10-12H2,1-5H3. The van der Waals surface area contributed by atoms with Gasteiger partial charge in [0.15, 0.2) is 0 Å². The Balaban J connectivity index is 2.65. The van der Waals surface area contributed by atoms with Gasteiger partial charge in [0.25, 0.3) is 0 Å². The fraction of sp³-hybridized carbons (Fsp3) is 0.647. The molecule has 0 heterocycles. The molecule has 0 atom stereocenters. The minimum Gasteiger partial charge on any atom is -0.491 e. The van der Waals surface area contributed by atoms with E-state index in [1.165, 1.54) is 12.0 Å². The fourth-order valence-corrected chi connectivity index (χ4v) is 2.11. The molecule has 0 aliphatic carbocycles. The predicted molar refractivity (Wildman–Crippen MR) is 83.0 cm³/mol. The number of rotatable bonds is 8. The van der Waals surface area contributed by atoms with Crippen molar-refractivity contribution in [3.63, 3.8) is 0 Å². The summed E-state index contributed by atoms with van der Waals surface area (Å²) >= 11 is 0. The molecular weight excluding hydrogens is 234 g/mol. The molecule has 19 heavy (non-hydrogen) atoms. The van der Waals surface area contributed by atoms with Gasteiger partial charge in [-0.25, -0.2) is 0 Å². The number of hydrogen-bond acceptors (Lipinski definition) is 2. The number of benzene rings is 1. The Morgan fingerprint density at radius 3 is 2.58 bits per heavy atom. The average Bonchev–Trinajstić information content (AvgIpc) is 2.34. The first kappa shape index (κ1) is 16.0. The second-order valence-corrected chi connectivity index (χ2v) is 6.08. The highest BCUT2D eigenvalue weighted by atomic mass is 16.5. The van der Waals surface area contributed by atoms with Gasteiger partial charge in [0, 0.05) is 0 Å². The molecule has 0 aliphatic rings. The Hall–Kier alpha value is -1.02. The molecule has 0 saturated heterocycles. The van der Waals surface area contributed by atoms with Crippen LogP contribution in [0.2, 0.25) is 0 Å². The molecule has 0 saturated carbocycles. The Morgan fingerprint density at radius 2 is 1.95 bits per heavy atom. The smallest absolute Gasteiger partial charge is 0.119 e. The van der Waals surface area contributed by atoms with Gasteiger partial charge >= 0.3 is 0 Å². The maximum atomic E-state index is 5.78. The summed E-state index contributed by atoms with van der Waals surface area (Å²) in [6, 6.07) is 8.51. The zero-order chi connectivity index (χ0) is 14.3. The van der Waals surface area contributed by atoms with Gasteiger partial charge < -0.3 is 10.1 Å². The van der Waals surface area contributed by atoms with Crippen LogP contribution in [0.1, 0.15) is 53.0 Å². The van der Waals surface area contributed by atoms with Crippen LogP contribution in [-0.2, 0) is 5.41 Å². The van der Waals surface area contributed by atoms with E-state index in [0.29, 0.717) is 0 Å². The highest BCUT2D eigenvalue weighted by molar-refractivity contribution is 5.33. The van der Waals surface area contributed by atoms with Crippen molar-refractivity contribution in [2.24, 2.45) is 0 Å². The van der Waals surface area contributed by atoms with Crippen molar-refractivity contribution in [1.29, 1.82) is 0 Å². The first-order valence-electron chi connectivity index (χ1n) is 7.43. The van der Waals surface area contributed by atoms with Crippen LogP contribution in [0.5, 0.6) is 5.75 Å². The molecule has 108 valence electrons. The van der Waals surface area contributed by atoms with Gasteiger partial charge in [0.2, 0.25) is 0 Å². The average molecular weight is 263 g/mol. The van der Waals surface area contributed by atoms with Gasteiger partial charge in [0.1, 0.15) is 5.75 Å². The molecule has 1 aromatic rings. The van der Waals surface area contributed by atoms with E-state index >= 15 is 0 Å². The molecule has 0 aliphatic heterocycles. The summed E-state index contributed by atoms with van der Waals surface area (Å²) in [5, 5.41) is 3.48. The summed E-state index contributed by atoms with van der Waals surface area (Å²) < 4.78 is 5.78. The van der Waals surface area contributed by atoms with E-state index in [9.17, 15) is 0 Å². The lowest BCUT2D eigenvalue weighted by Gasteiger charge is -2.26. The number of nitrogens with one attached hydrogen (secondary N) is 1. The third-order valence-corrected chi connectivity index (χ3v) is 3.34. The molecule has 0 aromatic heterocycles. The van der Waals surface area contributed by atoms with E-state index < -0.39 is 0 Å². The Labute approximate surface area is 118 Å². The van der Waals surface area contributed by atoms with Gasteiger partial charge in [-0.1, -0.05) is 32.9 Å². The van der Waals surface area contributed by atoms with Crippen LogP contribution in [0.4, 0.5) is 0 Å². The normalized spacial score (nSPS) is 11.9. The Morgan fingerprint density at radius 1 is 1.21 bits per heavy atom. The largest absolute Gasteiger partial charge is 0.491 e. The van der Waals surface area contributed by atoms with E-state index in [-0.39, 0.29) is 11.5 Å². The molecule has 0 fully saturated rings. The molecule has 1 rings (SSSR count). The molecule has 2 nitrogen and oxygen atoms in total. The molecular formula is C17H29NO. The van der Waals surface area contributed by atoms with Gasteiger partial charge in [0.05, 0.1) is 6.10 Å². The summed E-state index contributed by atoms with van der Waals surface area (Å²) in [4.78, 5) is 0. The van der Waals surface area contributed by atoms with Crippen LogP contribution >= 0.6 is 0 Å². The topological polar surface area (TPSA) is 21.3 Å². The predicted octanol–water partition coefficient (Wildman–Crippen LogP) is 4.14. The van der Waals surface area contributed by atoms with Crippen LogP contribution in [0.3, 0.4) is 0 Å². The second kappa shape index (κ2) is 7.54. The Bertz CT molecular complexity index is 371. The molecule has 1 N–H and O–H groups in total. The second-order valence-electron chi connectivity index (χ2n) is 6.08. The zero-order valence-corrected chi connectivity index (χ0v) is 13.1. The molecule has 2 heteroatoms. The number of hydrogen-bond donors (Lipinski definition) is 1. The van der Waals surface area contributed by atoms with E-state index in [4.69, 9.17) is 4.74 Å². The lowest BCUT2D eigenvalue weighted by atomic mass is 9.81. The highest BCUT2D eigenvalue weighted by Crippen LogP contribution is 2.29. The zero-order valence-electron chi connectivity index (χ0n) is 13.1. The Kier molecular flexibility index (Phi) is 6.36. The molecule has 0 radical (unpaired) electrons. The van der Waals surface area contributed by atoms with Crippen LogP contribution in [0, 0.1) is 0 Å². The minimum absolute atomic E-state index is 0.178. The third-order valence-electron chi connectivity index (χ3n) is 3.34. The maximum absolute atomic E-state index is 5.78. The van der Waals surface area contributed by atoms with Crippen LogP contribution in [0.15, 0.2) is 24.3 Å². The van der Waals surface area contributed by atoms with Gasteiger partial charge in [-0.05, 0) is 62.9 Å². The summed E-state index contributed by atoms with van der Waals surface area (Å²) in [5.74, 6) is 0.974. The quantitative estimate of drug-likeness (QED) is 0.712. The maximum Gasteiger partial charge on any atom is 0.119 e. The van der Waals surface area contributed by atoms with E-state index in [1.54, 1.807) is 0 Å². The molecule has 1 aromatic carbocycles. The van der Waals surface area contributed by atoms with Crippen molar-refractivity contribution in [3.8, 4) is 5.75 Å². The minimum atomic E-state index is 0.178. The van der Waals surface area contributed by atoms with E-state index in [2.05, 4.69) is 58.1 Å². The van der Waals surface area contributed by atoms with Crippen molar-refractivity contribution in [2.75, 3.05) is 13.1 Å². The van der Waals surface area contributed by atoms with Crippen molar-refractivity contribution in [3.05, 3.63) is 29.8 Å². The summed E-state index contributed by atoms with van der Waals surface area (Å²) in [7, 11) is 0. The van der Waals surface area contributed by atoms with Crippen molar-refractivity contribution < 1.29 is 4.74 Å². The van der Waals surface area contributed by atoms with E-state index in [0.717, 1.165) is 25.3 Å². The molecule has 0 bridgehead atoms. The van der Waals surface area contributed by atoms with Crippen LogP contribution in [-0.4, -0.2) is 19.2 Å². The molecule has 0 spiro atoms. The fourth-order valence-electron chi connectivity index (χ4n) is 2.11. The van der Waals surface area contributed by atoms with Gasteiger partial charge in [-0.3, -0.25) is 0 Å². The number of ether oxygens (including phenoxy) is 1. The third kappa shape index (κ3) is 5.65. The van der Waals surface area contributed by atoms with Crippen LogP contribution < -0.4 is 10.1 Å². The molecule has 0 amide bonds. The first-order chi connectivity index (χ1) is 8.95. The van der Waals surface area contributed by atoms with Crippen molar-refractivity contribution in [2.45, 2.75) is 59.0 Å². The monoisotopic (exact) mass is 263 g/mol. The van der Waals surface area contributed by atoms with E-state index in [1.807, 2.05) is 6.07 Å². The highest BCUT2D eigenvalue weighted by Gasteiger charge is 2.20. The molecule has 0 unspecified atom stereocenters. The van der Waals surface area contributed by atoms with Crippen molar-refractivity contribution >= 4 is 0 Å². The van der Waals surface area contributed by atoms with Gasteiger partial charge in [-0.2, -0.15) is 0 Å². The SMILES string of the molecule is CCCNCCC(C)(C)c1cccc(OC(C)C)c1. The summed E-state index contributed by atoms with van der Waals surface area (Å²) in [6.45, 7) is 13.1. The first-order valence-corrected chi connectivity index (χ1v) is 7.43. The summed E-state index contributed by atoms with van der Waals surface area (Å²) in [6.07, 6.45) is 2.56. The van der Waals surface area contributed by atoms with Crippen LogP contribution in [0.25, 0.3) is 0 Å². The van der Waals surface area contributed by atoms with Crippen molar-refractivity contribution in [1.82, 2.24) is 5.32 Å².